The van der Waals surface area contributed by atoms with Gasteiger partial charge < -0.3 is 44.4 Å². The smallest absolute Gasteiger partial charge is 0.756 e. The second-order valence-electron chi connectivity index (χ2n) is 8.49. The number of nitrogen functional groups attached to an aromatic ring is 1. The van der Waals surface area contributed by atoms with Gasteiger partial charge in [0.05, 0.1) is 29.5 Å². The van der Waals surface area contributed by atoms with E-state index in [9.17, 15) is 48.7 Å². The molecule has 0 bridgehead atoms. The number of phosphoric ester groups is 2. The van der Waals surface area contributed by atoms with Crippen LogP contribution in [0.2, 0.25) is 0 Å². The van der Waals surface area contributed by atoms with E-state index in [1.165, 1.54) is 16.7 Å². The summed E-state index contributed by atoms with van der Waals surface area (Å²) in [5.41, 5.74) is 5.13. The predicted octanol–water partition coefficient (Wildman–Crippen LogP) is -9.82. The maximum atomic E-state index is 12.1. The van der Waals surface area contributed by atoms with Crippen LogP contribution in [-0.4, -0.2) is 59.6 Å². The summed E-state index contributed by atoms with van der Waals surface area (Å²) in [7, 11) is -18.1. The third kappa shape index (κ3) is 10.9. The molecule has 1 aliphatic rings. The zero-order chi connectivity index (χ0) is 31.0. The number of rotatable bonds is 12. The number of anilines is 1. The Hall–Kier alpha value is 0.260. The number of aliphatic hydroxyl groups is 2. The van der Waals surface area contributed by atoms with Crippen molar-refractivity contribution in [2.75, 3.05) is 12.3 Å². The molecule has 1 aliphatic heterocycles. The van der Waals surface area contributed by atoms with Crippen molar-refractivity contribution in [2.24, 2.45) is 0 Å². The Bertz CT molecular complexity index is 1640. The predicted molar refractivity (Wildman–Crippen MR) is 129 cm³/mol. The van der Waals surface area contributed by atoms with Crippen LogP contribution in [0.3, 0.4) is 0 Å². The number of hydrogen-bond acceptors (Lipinski definition) is 19. The number of nitrogens with zero attached hydrogens (tertiary/aromatic N) is 5. The number of benzene rings is 1. The summed E-state index contributed by atoms with van der Waals surface area (Å²) in [6.07, 6.45) is -5.80. The van der Waals surface area contributed by atoms with E-state index in [2.05, 4.69) is 32.6 Å². The summed E-state index contributed by atoms with van der Waals surface area (Å²) in [6, 6.07) is 4.77. The average Bonchev–Trinajstić information content (AvgIpc) is 3.42. The maximum Gasteiger partial charge on any atom is 1.00 e. The Balaban J connectivity index is 0.00000337. The summed E-state index contributed by atoms with van der Waals surface area (Å²) in [5, 5.41) is 31.9. The average molecular weight is 722 g/mol. The molecule has 2 aromatic heterocycles. The largest absolute Gasteiger partial charge is 1.00 e. The van der Waals surface area contributed by atoms with Crippen LogP contribution < -0.4 is 109 Å². The number of nitrogens with two attached hydrogens (primary N) is 1. The van der Waals surface area contributed by atoms with Gasteiger partial charge in [0.1, 0.15) is 30.2 Å². The number of fused-ring (bicyclic) bond motifs is 1. The monoisotopic (exact) mass is 722 g/mol. The van der Waals surface area contributed by atoms with Crippen LogP contribution in [0.15, 0.2) is 36.9 Å². The first-order valence-corrected chi connectivity index (χ1v) is 15.7. The molecule has 1 saturated heterocycles. The van der Waals surface area contributed by atoms with E-state index in [1.807, 2.05) is 0 Å². The molecule has 0 aliphatic carbocycles. The van der Waals surface area contributed by atoms with Gasteiger partial charge in [-0.05, 0) is 13.0 Å². The number of aliphatic hydroxyl groups excluding tert-OH is 2. The van der Waals surface area contributed by atoms with E-state index in [1.54, 1.807) is 0 Å². The fraction of sp³-hybridized carbons (Fsp3) is 0.389. The third-order valence-corrected chi connectivity index (χ3v) is 9.89. The normalized spacial score (nSPS) is 24.1. The van der Waals surface area contributed by atoms with Crippen molar-refractivity contribution in [1.29, 1.82) is 0 Å². The van der Waals surface area contributed by atoms with Crippen molar-refractivity contribution in [3.8, 4) is 0 Å². The topological polar surface area (TPSA) is 320 Å². The molecule has 45 heavy (non-hydrogen) atoms. The summed E-state index contributed by atoms with van der Waals surface area (Å²) in [6.45, 7) is -0.0863. The van der Waals surface area contributed by atoms with Crippen LogP contribution in [0.4, 0.5) is 11.5 Å². The van der Waals surface area contributed by atoms with Gasteiger partial charge in [-0.15, -0.1) is 0 Å². The van der Waals surface area contributed by atoms with Gasteiger partial charge in [-0.25, -0.2) is 23.6 Å². The van der Waals surface area contributed by atoms with Gasteiger partial charge in [-0.3, -0.25) is 28.4 Å². The molecule has 4 rings (SSSR count). The zero-order valence-corrected chi connectivity index (χ0v) is 32.6. The number of imidazole rings is 1. The van der Waals surface area contributed by atoms with Crippen LogP contribution >= 0.6 is 23.5 Å². The van der Waals surface area contributed by atoms with Crippen molar-refractivity contribution < 1.29 is 155 Å². The van der Waals surface area contributed by atoms with E-state index in [0.29, 0.717) is 0 Å². The molecule has 4 N–H and O–H groups in total. The standard InChI is InChI=1S/C18H23N6O15P3.3Na/c1-9(10-4-2-3-5-11(10)24(27)28)37-41(31,32)39-42(33,34)38-40(29,30)35-6-12-14(25)15(26)18(36-12)23-8-22-13-16(19)20-7-21-17(13)23;;;/h2-5,7-9,12,14-15,18,25-26H,6H2,1H3,(H,29,30)(H,31,32)(H,33,34)(H2,19,20,21);;;/q;3*+1/p-3. The Morgan fingerprint density at radius 1 is 1.02 bits per heavy atom. The summed E-state index contributed by atoms with van der Waals surface area (Å²) >= 11 is 0. The Kier molecular flexibility index (Phi) is 16.6. The van der Waals surface area contributed by atoms with Crippen molar-refractivity contribution in [3.63, 3.8) is 0 Å². The molecule has 1 aromatic carbocycles. The van der Waals surface area contributed by atoms with Gasteiger partial charge in [0.2, 0.25) is 0 Å². The fourth-order valence-electron chi connectivity index (χ4n) is 3.87. The van der Waals surface area contributed by atoms with Gasteiger partial charge in [0, 0.05) is 6.07 Å². The molecule has 0 spiro atoms. The number of hydrogen-bond donors (Lipinski definition) is 3. The van der Waals surface area contributed by atoms with Gasteiger partial charge >= 0.3 is 88.7 Å². The molecule has 0 saturated carbocycles. The molecule has 8 unspecified atom stereocenters. The Morgan fingerprint density at radius 2 is 1.64 bits per heavy atom. The minimum atomic E-state index is -6.26. The van der Waals surface area contributed by atoms with E-state index in [4.69, 9.17) is 10.5 Å². The molecule has 27 heteroatoms. The number of ether oxygens (including phenoxy) is 1. The van der Waals surface area contributed by atoms with Crippen molar-refractivity contribution in [1.82, 2.24) is 19.5 Å². The van der Waals surface area contributed by atoms with Crippen LogP contribution in [0, 0.1) is 10.1 Å². The Labute approximate surface area is 319 Å². The molecule has 3 heterocycles. The quantitative estimate of drug-likeness (QED) is 0.0676. The SMILES string of the molecule is CC(OP(=O)([O-])OP(=O)([O-])OP(=O)([O-])OCC1OC(n2cnc3c(N)ncnc32)C(O)C1O)c1ccccc1[N+](=O)[O-].[Na+].[Na+].[Na+]. The molecule has 230 valence electrons. The van der Waals surface area contributed by atoms with Crippen molar-refractivity contribution >= 4 is 46.1 Å². The van der Waals surface area contributed by atoms with E-state index in [0.717, 1.165) is 31.7 Å². The Morgan fingerprint density at radius 3 is 2.29 bits per heavy atom. The van der Waals surface area contributed by atoms with Gasteiger partial charge in [0.25, 0.3) is 29.2 Å². The van der Waals surface area contributed by atoms with E-state index < -0.39 is 71.3 Å². The third-order valence-electron chi connectivity index (χ3n) is 5.65. The number of aromatic nitrogens is 4. The van der Waals surface area contributed by atoms with Crippen LogP contribution in [-0.2, 0) is 36.1 Å². The van der Waals surface area contributed by atoms with Gasteiger partial charge in [-0.2, -0.15) is 0 Å². The van der Waals surface area contributed by atoms with Crippen LogP contribution in [0.25, 0.3) is 11.2 Å². The first kappa shape index (κ1) is 43.3. The molecule has 8 atom stereocenters. The molecule has 3 aromatic rings. The van der Waals surface area contributed by atoms with Gasteiger partial charge in [0.15, 0.2) is 17.7 Å². The molecular formula is C18H20N6Na3O15P3. The first-order valence-electron chi connectivity index (χ1n) is 11.4. The second-order valence-corrected chi connectivity index (χ2v) is 13.0. The van der Waals surface area contributed by atoms with Crippen molar-refractivity contribution in [2.45, 2.75) is 37.6 Å². The minimum absolute atomic E-state index is 0. The molecule has 1 fully saturated rings. The maximum absolute atomic E-state index is 12.1. The number of nitro benzene ring substituents is 1. The summed E-state index contributed by atoms with van der Waals surface area (Å²) in [4.78, 5) is 58.3. The molecule has 21 nitrogen and oxygen atoms in total. The minimum Gasteiger partial charge on any atom is -0.756 e. The molecule has 0 radical (unpaired) electrons. The summed E-state index contributed by atoms with van der Waals surface area (Å²) in [5.74, 6) is 0.00392. The van der Waals surface area contributed by atoms with E-state index >= 15 is 0 Å². The number of para-hydroxylation sites is 1. The van der Waals surface area contributed by atoms with Crippen LogP contribution in [0.1, 0.15) is 24.8 Å². The van der Waals surface area contributed by atoms with Crippen molar-refractivity contribution in [3.05, 3.63) is 52.6 Å². The summed E-state index contributed by atoms with van der Waals surface area (Å²) < 4.78 is 59.3. The second kappa shape index (κ2) is 17.3. The zero-order valence-electron chi connectivity index (χ0n) is 23.9. The fourth-order valence-corrected chi connectivity index (χ4v) is 7.39. The molecular weight excluding hydrogens is 702 g/mol. The van der Waals surface area contributed by atoms with Gasteiger partial charge in [-0.1, -0.05) is 12.1 Å². The van der Waals surface area contributed by atoms with E-state index in [-0.39, 0.29) is 111 Å². The van der Waals surface area contributed by atoms with Crippen LogP contribution in [0.5, 0.6) is 0 Å². The molecule has 0 amide bonds. The first-order chi connectivity index (χ1) is 19.5. The number of phosphoric acid groups is 3. The number of nitro groups is 1.